The number of hydrogen-bond donors (Lipinski definition) is 2. The van der Waals surface area contributed by atoms with Crippen molar-refractivity contribution in [1.29, 1.82) is 0 Å². The highest BCUT2D eigenvalue weighted by atomic mass is 16.2. The minimum Gasteiger partial charge on any atom is -0.338 e. The van der Waals surface area contributed by atoms with Gasteiger partial charge in [-0.3, -0.25) is 9.48 Å². The van der Waals surface area contributed by atoms with Crippen molar-refractivity contribution in [3.8, 4) is 0 Å². The summed E-state index contributed by atoms with van der Waals surface area (Å²) in [5.41, 5.74) is 3.09. The molecule has 0 aromatic carbocycles. The highest BCUT2D eigenvalue weighted by Gasteiger charge is 2.39. The Bertz CT molecular complexity index is 650. The maximum absolute atomic E-state index is 12.4. The lowest BCUT2D eigenvalue weighted by atomic mass is 10.0. The topological polar surface area (TPSA) is 79.3 Å². The number of nitrogens with one attached hydrogen (secondary N) is 2. The number of hydrogen-bond acceptors (Lipinski definition) is 3. The van der Waals surface area contributed by atoms with Crippen LogP contribution in [0.25, 0.3) is 0 Å². The predicted molar refractivity (Wildman–Crippen MR) is 90.5 cm³/mol. The summed E-state index contributed by atoms with van der Waals surface area (Å²) in [6, 6.07) is 0.0402. The van der Waals surface area contributed by atoms with Gasteiger partial charge in [-0.15, -0.1) is 0 Å². The Morgan fingerprint density at radius 1 is 1.38 bits per heavy atom. The Labute approximate surface area is 142 Å². The summed E-state index contributed by atoms with van der Waals surface area (Å²) in [7, 11) is 1.91. The zero-order valence-corrected chi connectivity index (χ0v) is 14.9. The molecule has 1 aromatic heterocycles. The molecule has 0 unspecified atom stereocenters. The van der Waals surface area contributed by atoms with Gasteiger partial charge in [-0.2, -0.15) is 5.10 Å². The van der Waals surface area contributed by atoms with Gasteiger partial charge in [0.25, 0.3) is 0 Å². The summed E-state index contributed by atoms with van der Waals surface area (Å²) >= 11 is 0. The van der Waals surface area contributed by atoms with E-state index < -0.39 is 0 Å². The fraction of sp³-hybridized carbons (Fsp3) is 0.706. The van der Waals surface area contributed by atoms with Gasteiger partial charge in [-0.1, -0.05) is 6.92 Å². The summed E-state index contributed by atoms with van der Waals surface area (Å²) in [5, 5.41) is 10.4. The molecule has 132 valence electrons. The molecule has 1 saturated carbocycles. The van der Waals surface area contributed by atoms with Crippen LogP contribution in [0.15, 0.2) is 0 Å². The van der Waals surface area contributed by atoms with Crippen LogP contribution in [0.3, 0.4) is 0 Å². The van der Waals surface area contributed by atoms with Gasteiger partial charge in [0.05, 0.1) is 17.8 Å². The van der Waals surface area contributed by atoms with E-state index >= 15 is 0 Å². The normalized spacial score (nSPS) is 21.9. The Balaban J connectivity index is 1.60. The maximum atomic E-state index is 12.4. The average molecular weight is 333 g/mol. The zero-order chi connectivity index (χ0) is 17.4. The third-order valence-corrected chi connectivity index (χ3v) is 5.11. The number of carbonyl (C=O) groups excluding carboxylic acids is 2. The number of aryl methyl sites for hydroxylation is 2. The van der Waals surface area contributed by atoms with Gasteiger partial charge in [0, 0.05) is 37.3 Å². The predicted octanol–water partition coefficient (Wildman–Crippen LogP) is 1.55. The lowest BCUT2D eigenvalue weighted by Crippen LogP contribution is -2.44. The number of rotatable bonds is 5. The first kappa shape index (κ1) is 16.8. The monoisotopic (exact) mass is 333 g/mol. The third kappa shape index (κ3) is 3.25. The van der Waals surface area contributed by atoms with Gasteiger partial charge in [0.15, 0.2) is 0 Å². The Hall–Kier alpha value is -2.05. The minimum atomic E-state index is -0.208. The number of likely N-dealkylation sites (tertiary alicyclic amines) is 1. The van der Waals surface area contributed by atoms with Crippen LogP contribution in [0, 0.1) is 13.8 Å². The lowest BCUT2D eigenvalue weighted by Gasteiger charge is -2.21. The molecule has 24 heavy (non-hydrogen) atoms. The molecular weight excluding hydrogens is 306 g/mol. The van der Waals surface area contributed by atoms with Crippen LogP contribution in [0.4, 0.5) is 4.79 Å². The molecule has 2 atom stereocenters. The van der Waals surface area contributed by atoms with Crippen LogP contribution in [-0.2, 0) is 11.8 Å². The number of aromatic nitrogens is 2. The molecule has 2 N–H and O–H groups in total. The maximum Gasteiger partial charge on any atom is 0.315 e. The van der Waals surface area contributed by atoms with Gasteiger partial charge < -0.3 is 15.5 Å². The van der Waals surface area contributed by atoms with E-state index in [0.29, 0.717) is 19.0 Å². The van der Waals surface area contributed by atoms with Gasteiger partial charge in [0.2, 0.25) is 5.91 Å². The molecular formula is C17H27N5O2. The summed E-state index contributed by atoms with van der Waals surface area (Å²) in [6.45, 7) is 6.66. The number of urea groups is 1. The van der Waals surface area contributed by atoms with Crippen molar-refractivity contribution in [2.24, 2.45) is 7.05 Å². The number of carbonyl (C=O) groups is 2. The summed E-state index contributed by atoms with van der Waals surface area (Å²) in [4.78, 5) is 26.3. The SMILES string of the molecule is CC[C@H](NC(=O)N[C@@H]1CC(=O)N(C2CC2)C1)c1c(C)nn(C)c1C. The second-order valence-electron chi connectivity index (χ2n) is 6.97. The molecule has 3 amide bonds. The summed E-state index contributed by atoms with van der Waals surface area (Å²) < 4.78 is 1.84. The van der Waals surface area contributed by atoms with E-state index in [2.05, 4.69) is 15.7 Å². The molecule has 1 aliphatic carbocycles. The van der Waals surface area contributed by atoms with E-state index in [9.17, 15) is 9.59 Å². The molecule has 0 radical (unpaired) electrons. The molecule has 0 spiro atoms. The van der Waals surface area contributed by atoms with E-state index in [1.54, 1.807) is 0 Å². The van der Waals surface area contributed by atoms with Crippen LogP contribution < -0.4 is 10.6 Å². The van der Waals surface area contributed by atoms with Gasteiger partial charge in [-0.25, -0.2) is 4.79 Å². The van der Waals surface area contributed by atoms with Gasteiger partial charge >= 0.3 is 6.03 Å². The van der Waals surface area contributed by atoms with Crippen molar-refractivity contribution in [2.45, 2.75) is 64.6 Å². The highest BCUT2D eigenvalue weighted by Crippen LogP contribution is 2.30. The fourth-order valence-corrected chi connectivity index (χ4v) is 3.63. The first-order chi connectivity index (χ1) is 11.4. The highest BCUT2D eigenvalue weighted by molar-refractivity contribution is 5.82. The number of nitrogens with zero attached hydrogens (tertiary/aromatic N) is 3. The largest absolute Gasteiger partial charge is 0.338 e. The first-order valence-corrected chi connectivity index (χ1v) is 8.77. The van der Waals surface area contributed by atoms with Gasteiger partial charge in [0.1, 0.15) is 0 Å². The standard InChI is InChI=1S/C17H27N5O2/c1-5-14(16-10(2)20-21(4)11(16)3)19-17(24)18-12-8-15(23)22(9-12)13-6-7-13/h12-14H,5-9H2,1-4H3,(H2,18,19,24)/t12-,14+/m1/s1. The van der Waals surface area contributed by atoms with Crippen LogP contribution in [0.2, 0.25) is 0 Å². The van der Waals surface area contributed by atoms with Crippen LogP contribution >= 0.6 is 0 Å². The van der Waals surface area contributed by atoms with Crippen molar-refractivity contribution in [1.82, 2.24) is 25.3 Å². The van der Waals surface area contributed by atoms with Crippen LogP contribution in [0.1, 0.15) is 55.6 Å². The Morgan fingerprint density at radius 2 is 2.08 bits per heavy atom. The summed E-state index contributed by atoms with van der Waals surface area (Å²) in [5.74, 6) is 0.161. The first-order valence-electron chi connectivity index (χ1n) is 8.77. The fourth-order valence-electron chi connectivity index (χ4n) is 3.63. The third-order valence-electron chi connectivity index (χ3n) is 5.11. The quantitative estimate of drug-likeness (QED) is 0.858. The van der Waals surface area contributed by atoms with E-state index in [4.69, 9.17) is 0 Å². The Kier molecular flexibility index (Phi) is 4.51. The molecule has 2 fully saturated rings. The molecule has 1 aromatic rings. The molecule has 2 aliphatic rings. The molecule has 3 rings (SSSR count). The van der Waals surface area contributed by atoms with E-state index in [1.165, 1.54) is 0 Å². The van der Waals surface area contributed by atoms with E-state index in [0.717, 1.165) is 36.2 Å². The van der Waals surface area contributed by atoms with Gasteiger partial charge in [-0.05, 0) is 33.1 Å². The molecule has 7 nitrogen and oxygen atoms in total. The molecule has 1 saturated heterocycles. The minimum absolute atomic E-state index is 0.0738. The van der Waals surface area contributed by atoms with Crippen LogP contribution in [-0.4, -0.2) is 45.2 Å². The van der Waals surface area contributed by atoms with Crippen molar-refractivity contribution >= 4 is 11.9 Å². The van der Waals surface area contributed by atoms with Crippen molar-refractivity contribution in [2.75, 3.05) is 6.54 Å². The van der Waals surface area contributed by atoms with E-state index in [1.807, 2.05) is 37.4 Å². The molecule has 1 aliphatic heterocycles. The second-order valence-corrected chi connectivity index (χ2v) is 6.97. The summed E-state index contributed by atoms with van der Waals surface area (Å²) in [6.07, 6.45) is 3.40. The van der Waals surface area contributed by atoms with E-state index in [-0.39, 0.29) is 24.0 Å². The lowest BCUT2D eigenvalue weighted by molar-refractivity contribution is -0.128. The van der Waals surface area contributed by atoms with Crippen molar-refractivity contribution < 1.29 is 9.59 Å². The van der Waals surface area contributed by atoms with Crippen LogP contribution in [0.5, 0.6) is 0 Å². The molecule has 0 bridgehead atoms. The number of amides is 3. The van der Waals surface area contributed by atoms with Crippen molar-refractivity contribution in [3.05, 3.63) is 17.0 Å². The zero-order valence-electron chi connectivity index (χ0n) is 14.9. The second kappa shape index (κ2) is 6.45. The smallest absolute Gasteiger partial charge is 0.315 e. The molecule has 7 heteroatoms. The average Bonchev–Trinajstić information content (AvgIpc) is 3.25. The molecule has 2 heterocycles. The van der Waals surface area contributed by atoms with Crippen molar-refractivity contribution in [3.63, 3.8) is 0 Å². The Morgan fingerprint density at radius 3 is 2.62 bits per heavy atom.